The molecule has 6 fully saturated rings. The van der Waals surface area contributed by atoms with Crippen molar-refractivity contribution in [1.82, 2.24) is 0 Å². The second kappa shape index (κ2) is 41.8. The van der Waals surface area contributed by atoms with Gasteiger partial charge in [0.1, 0.15) is 0 Å². The molecule has 6 saturated heterocycles. The molecule has 16 aromatic carbocycles. The Kier molecular flexibility index (Phi) is 29.1. The first kappa shape index (κ1) is 92.0. The predicted octanol–water partition coefficient (Wildman–Crippen LogP) is 28.5. The summed E-state index contributed by atoms with van der Waals surface area (Å²) in [5.74, 6) is 10.3. The molecule has 0 amide bonds. The van der Waals surface area contributed by atoms with Crippen LogP contribution in [-0.4, -0.2) is 116 Å². The van der Waals surface area contributed by atoms with Crippen LogP contribution in [0.1, 0.15) is 44.5 Å². The van der Waals surface area contributed by atoms with Crippen molar-refractivity contribution in [3.05, 3.63) is 384 Å². The van der Waals surface area contributed by atoms with Gasteiger partial charge in [-0.25, -0.2) is 0 Å². The van der Waals surface area contributed by atoms with Gasteiger partial charge < -0.3 is 49.4 Å². The Morgan fingerprint density at radius 1 is 0.129 bits per heavy atom. The second-order valence-corrected chi connectivity index (χ2v) is 67.8. The SMILES string of the molecule is c1ccc2c(CSCC[Si]34O[Si]5(CCSCc6cccc7ccccc67)O[Si]6(CCSCc7cccc8ccccc78)O[Si](CCSCc7cccc8ccccc78)(O3)O[Si]3(CCSCc7cccc8ccccc78)O[Si](CCSCc7cccc8ccccc78)(O4)O[Si](CCSCc4cccc7ccccc47)(O5)O[Si](CCSCc4cccc5ccccc45)(O6)O3)cccc2c1. The molecular formula is C104H104O12S8Si8. The van der Waals surface area contributed by atoms with Gasteiger partial charge in [0, 0.05) is 94.4 Å². The lowest BCUT2D eigenvalue weighted by Crippen LogP contribution is -2.88. The van der Waals surface area contributed by atoms with Crippen LogP contribution in [0.15, 0.2) is 340 Å². The highest BCUT2D eigenvalue weighted by Crippen LogP contribution is 2.56. The third kappa shape index (κ3) is 21.0. The molecule has 0 N–H and O–H groups in total. The molecule has 132 heavy (non-hydrogen) atoms. The van der Waals surface area contributed by atoms with Crippen molar-refractivity contribution >= 4 is 251 Å². The van der Waals surface area contributed by atoms with E-state index < -0.39 is 70.4 Å². The topological polar surface area (TPSA) is 111 Å². The smallest absolute Gasteiger partial charge is 0.373 e. The Hall–Kier alpha value is -6.34. The van der Waals surface area contributed by atoms with Crippen LogP contribution >= 0.6 is 94.1 Å². The summed E-state index contributed by atoms with van der Waals surface area (Å²) < 4.78 is 107. The quantitative estimate of drug-likeness (QED) is 0.0268. The van der Waals surface area contributed by atoms with Crippen LogP contribution in [0.2, 0.25) is 48.4 Å². The summed E-state index contributed by atoms with van der Waals surface area (Å²) in [6, 6.07) is 126. The van der Waals surface area contributed by atoms with Crippen LogP contribution in [0.3, 0.4) is 0 Å². The van der Waals surface area contributed by atoms with Crippen LogP contribution in [-0.2, 0) is 95.4 Å². The third-order valence-electron chi connectivity index (χ3n) is 25.3. The molecule has 28 heteroatoms. The normalized spacial score (nSPS) is 23.4. The van der Waals surface area contributed by atoms with E-state index in [0.29, 0.717) is 94.4 Å². The van der Waals surface area contributed by atoms with Crippen molar-refractivity contribution < 1.29 is 49.4 Å². The monoisotopic (exact) mass is 2020 g/mol. The Morgan fingerprint density at radius 2 is 0.235 bits per heavy atom. The molecule has 672 valence electrons. The van der Waals surface area contributed by atoms with Crippen molar-refractivity contribution in [2.24, 2.45) is 0 Å². The van der Waals surface area contributed by atoms with Crippen molar-refractivity contribution in [1.29, 1.82) is 0 Å². The van der Waals surface area contributed by atoms with Gasteiger partial charge >= 0.3 is 70.4 Å². The standard InChI is InChI=1S/C104H104O12S8Si8/c1-9-49-97-81(25-1)33-17-41-89(97)73-117-57-65-125-105-126(66-58-118-74-90-42-18-34-82-26-2-10-50-98(82)90)108-129(69-61-121-77-93-45-21-37-85-29-5-13-53-101(85)93)110-127(106-125,67-59-119-75-91-43-19-35-83-27-3-11-51-99(83)91)112-131(71-63-123-79-95-47-23-39-87-31-7-15-55-103(87)95)113-128(107-125,68-60-120-76-92-44-20-36-84-28-4-12-52-100(84)92)111-130(109-126,70-62-122-78-94-46-22-38-86-30-6-14-54-102(86)94)115-132(114-129,116-131)72-64-124-80-96-48-24-40-88-32-8-16-56-104(88)96/h1-56H,57-80H2. The zero-order chi connectivity index (χ0) is 88.6. The van der Waals surface area contributed by atoms with Gasteiger partial charge in [-0.15, -0.1) is 0 Å². The van der Waals surface area contributed by atoms with Crippen molar-refractivity contribution in [3.63, 3.8) is 0 Å². The largest absolute Gasteiger partial charge is 0.479 e. The van der Waals surface area contributed by atoms with Gasteiger partial charge in [0.15, 0.2) is 0 Å². The van der Waals surface area contributed by atoms with E-state index >= 15 is 0 Å². The average Bonchev–Trinajstić information content (AvgIpc) is 0.684. The van der Waals surface area contributed by atoms with Gasteiger partial charge in [0.25, 0.3) is 0 Å². The Bertz CT molecular complexity index is 5490. The van der Waals surface area contributed by atoms with E-state index in [1.807, 2.05) is 94.1 Å². The number of thioether (sulfide) groups is 8. The van der Waals surface area contributed by atoms with Gasteiger partial charge in [-0.2, -0.15) is 94.1 Å². The zero-order valence-electron chi connectivity index (χ0n) is 73.5. The number of hydrogen-bond acceptors (Lipinski definition) is 20. The van der Waals surface area contributed by atoms with Gasteiger partial charge in [-0.05, 0) is 177 Å². The summed E-state index contributed by atoms with van der Waals surface area (Å²) in [7, 11) is -36.7. The molecule has 6 aliphatic heterocycles. The molecule has 16 aromatic rings. The minimum Gasteiger partial charge on any atom is -0.373 e. The van der Waals surface area contributed by atoms with E-state index in [2.05, 4.69) is 340 Å². The molecule has 6 aliphatic rings. The molecule has 0 radical (unpaired) electrons. The van der Waals surface area contributed by atoms with Crippen LogP contribution in [0, 0.1) is 0 Å². The average molecular weight is 2030 g/mol. The van der Waals surface area contributed by atoms with E-state index in [-0.39, 0.29) is 0 Å². The molecule has 12 nitrogen and oxygen atoms in total. The lowest BCUT2D eigenvalue weighted by atomic mass is 10.1. The molecule has 0 saturated carbocycles. The summed E-state index contributed by atoms with van der Waals surface area (Å²) in [4.78, 5) is 0. The van der Waals surface area contributed by atoms with E-state index in [9.17, 15) is 0 Å². The number of rotatable bonds is 40. The molecule has 0 atom stereocenters. The second-order valence-electron chi connectivity index (χ2n) is 34.2. The number of fused-ring (bicyclic) bond motifs is 8. The van der Waals surface area contributed by atoms with Crippen LogP contribution in [0.25, 0.3) is 86.2 Å². The van der Waals surface area contributed by atoms with Crippen LogP contribution in [0.5, 0.6) is 0 Å². The highest BCUT2D eigenvalue weighted by Gasteiger charge is 2.83. The molecule has 0 unspecified atom stereocenters. The van der Waals surface area contributed by atoms with Crippen molar-refractivity contribution in [2.75, 3.05) is 46.0 Å². The Morgan fingerprint density at radius 3 is 0.356 bits per heavy atom. The maximum absolute atomic E-state index is 8.88. The fourth-order valence-corrected chi connectivity index (χ4v) is 82.0. The van der Waals surface area contributed by atoms with Crippen LogP contribution in [0.4, 0.5) is 0 Å². The van der Waals surface area contributed by atoms with E-state index in [1.54, 1.807) is 0 Å². The first-order chi connectivity index (χ1) is 65.0. The lowest BCUT2D eigenvalue weighted by Gasteiger charge is -2.63. The summed E-state index contributed by atoms with van der Waals surface area (Å²) in [5, 5.41) is 19.5. The van der Waals surface area contributed by atoms with E-state index in [4.69, 9.17) is 49.4 Å². The minimum absolute atomic E-state index is 0.331. The third-order valence-corrected chi connectivity index (χ3v) is 73.0. The summed E-state index contributed by atoms with van der Waals surface area (Å²) in [5.41, 5.74) is 10.00. The lowest BCUT2D eigenvalue weighted by molar-refractivity contribution is -0.0280. The molecule has 6 heterocycles. The molecule has 0 spiro atoms. The number of hydrogen-bond donors (Lipinski definition) is 0. The zero-order valence-corrected chi connectivity index (χ0v) is 88.0. The van der Waals surface area contributed by atoms with Crippen molar-refractivity contribution in [3.8, 4) is 0 Å². The Labute approximate surface area is 816 Å². The highest BCUT2D eigenvalue weighted by molar-refractivity contribution is 8.00. The maximum atomic E-state index is 8.88. The molecular weight excluding hydrogens is 1920 g/mol. The first-order valence-electron chi connectivity index (χ1n) is 45.7. The van der Waals surface area contributed by atoms with Gasteiger partial charge in [0.2, 0.25) is 0 Å². The van der Waals surface area contributed by atoms with E-state index in [1.165, 1.54) is 131 Å². The van der Waals surface area contributed by atoms with Gasteiger partial charge in [-0.1, -0.05) is 340 Å². The Balaban J connectivity index is 0.751. The number of benzene rings is 16. The first-order valence-corrected chi connectivity index (χ1v) is 70.4. The molecule has 22 rings (SSSR count). The summed E-state index contributed by atoms with van der Waals surface area (Å²) >= 11 is 14.9. The highest BCUT2D eigenvalue weighted by atomic mass is 32.2. The fourth-order valence-electron chi connectivity index (χ4n) is 18.9. The summed E-state index contributed by atoms with van der Waals surface area (Å²) in [6.07, 6.45) is 0. The molecule has 0 aliphatic carbocycles. The molecule has 0 aromatic heterocycles. The van der Waals surface area contributed by atoms with Gasteiger partial charge in [-0.3, -0.25) is 0 Å². The summed E-state index contributed by atoms with van der Waals surface area (Å²) in [6.45, 7) is 0. The van der Waals surface area contributed by atoms with Crippen LogP contribution < -0.4 is 0 Å². The molecule has 8 bridgehead atoms. The minimum atomic E-state index is -4.59. The van der Waals surface area contributed by atoms with Gasteiger partial charge in [0.05, 0.1) is 0 Å². The fraction of sp³-hybridized carbons (Fsp3) is 0.231. The van der Waals surface area contributed by atoms with Crippen molar-refractivity contribution in [2.45, 2.75) is 94.4 Å². The van der Waals surface area contributed by atoms with E-state index in [0.717, 1.165) is 46.0 Å². The predicted molar refractivity (Wildman–Crippen MR) is 578 cm³/mol. The maximum Gasteiger partial charge on any atom is 0.479 e.